The molecule has 2 aliphatic heterocycles. The summed E-state index contributed by atoms with van der Waals surface area (Å²) in [4.78, 5) is 0. The minimum absolute atomic E-state index is 0.935. The van der Waals surface area contributed by atoms with E-state index in [0.29, 0.717) is 0 Å². The maximum atomic E-state index is 3.27. The number of hydrogen-bond acceptors (Lipinski definition) is 2. The standard InChI is InChI=1S/2C5H11N.2C2H6/c2*1-5-2-3-6-4-5;2*1-2/h2*5-6H,2-4H2,1H3;2*1-2H3. The third-order valence-electron chi connectivity index (χ3n) is 2.61. The van der Waals surface area contributed by atoms with Gasteiger partial charge in [0, 0.05) is 0 Å². The summed E-state index contributed by atoms with van der Waals surface area (Å²) >= 11 is 0. The predicted molar refractivity (Wildman–Crippen MR) is 76.0 cm³/mol. The highest BCUT2D eigenvalue weighted by atomic mass is 14.9. The van der Waals surface area contributed by atoms with E-state index in [1.807, 2.05) is 27.7 Å². The van der Waals surface area contributed by atoms with Gasteiger partial charge in [-0.05, 0) is 50.9 Å². The molecule has 2 rings (SSSR count). The molecule has 0 aliphatic carbocycles. The predicted octanol–water partition coefficient (Wildman–Crippen LogP) is 3.28. The molecule has 2 heteroatoms. The Morgan fingerprint density at radius 2 is 1.00 bits per heavy atom. The molecule has 0 aromatic heterocycles. The van der Waals surface area contributed by atoms with Crippen molar-refractivity contribution >= 4 is 0 Å². The fraction of sp³-hybridized carbons (Fsp3) is 1.00. The summed E-state index contributed by atoms with van der Waals surface area (Å²) in [6.45, 7) is 17.5. The second kappa shape index (κ2) is 14.9. The van der Waals surface area contributed by atoms with Crippen LogP contribution >= 0.6 is 0 Å². The molecule has 16 heavy (non-hydrogen) atoms. The van der Waals surface area contributed by atoms with Crippen LogP contribution in [0.4, 0.5) is 0 Å². The van der Waals surface area contributed by atoms with Crippen molar-refractivity contribution in [2.75, 3.05) is 26.2 Å². The van der Waals surface area contributed by atoms with Crippen LogP contribution in [0.25, 0.3) is 0 Å². The minimum atomic E-state index is 0.935. The van der Waals surface area contributed by atoms with E-state index in [9.17, 15) is 0 Å². The van der Waals surface area contributed by atoms with E-state index in [2.05, 4.69) is 24.5 Å². The Morgan fingerprint density at radius 1 is 0.688 bits per heavy atom. The molecule has 0 bridgehead atoms. The average molecular weight is 230 g/mol. The second-order valence-electron chi connectivity index (χ2n) is 4.20. The van der Waals surface area contributed by atoms with E-state index in [-0.39, 0.29) is 0 Å². The quantitative estimate of drug-likeness (QED) is 0.667. The second-order valence-corrected chi connectivity index (χ2v) is 4.20. The SMILES string of the molecule is CC.CC.CC1CCNC1.CC1CCNC1. The summed E-state index contributed by atoms with van der Waals surface area (Å²) in [6.07, 6.45) is 2.75. The first kappa shape index (κ1) is 18.3. The topological polar surface area (TPSA) is 24.1 Å². The van der Waals surface area contributed by atoms with Crippen molar-refractivity contribution in [3.05, 3.63) is 0 Å². The molecule has 2 unspecified atom stereocenters. The van der Waals surface area contributed by atoms with Gasteiger partial charge in [-0.25, -0.2) is 0 Å². The smallest absolute Gasteiger partial charge is 0.00227 e. The van der Waals surface area contributed by atoms with Crippen LogP contribution in [0, 0.1) is 11.8 Å². The van der Waals surface area contributed by atoms with Crippen LogP contribution in [0.15, 0.2) is 0 Å². The normalized spacial score (nSPS) is 26.6. The molecule has 0 saturated carbocycles. The van der Waals surface area contributed by atoms with Crippen LogP contribution in [-0.2, 0) is 0 Å². The molecule has 0 spiro atoms. The fourth-order valence-electron chi connectivity index (χ4n) is 1.60. The zero-order valence-corrected chi connectivity index (χ0v) is 12.4. The summed E-state index contributed by atoms with van der Waals surface area (Å²) in [6, 6.07) is 0. The highest BCUT2D eigenvalue weighted by molar-refractivity contribution is 4.65. The molecule has 0 radical (unpaired) electrons. The Morgan fingerprint density at radius 3 is 1.06 bits per heavy atom. The van der Waals surface area contributed by atoms with Gasteiger partial charge in [-0.1, -0.05) is 41.5 Å². The molecule has 2 saturated heterocycles. The molecule has 2 N–H and O–H groups in total. The number of hydrogen-bond donors (Lipinski definition) is 2. The lowest BCUT2D eigenvalue weighted by Crippen LogP contribution is -2.06. The molecule has 2 aliphatic rings. The van der Waals surface area contributed by atoms with E-state index >= 15 is 0 Å². The molecule has 2 atom stereocenters. The van der Waals surface area contributed by atoms with Gasteiger partial charge in [-0.15, -0.1) is 0 Å². The van der Waals surface area contributed by atoms with Gasteiger partial charge in [0.15, 0.2) is 0 Å². The Bertz CT molecular complexity index is 89.3. The zero-order valence-electron chi connectivity index (χ0n) is 12.4. The first-order valence-electron chi connectivity index (χ1n) is 7.20. The number of rotatable bonds is 0. The third-order valence-corrected chi connectivity index (χ3v) is 2.61. The van der Waals surface area contributed by atoms with Gasteiger partial charge >= 0.3 is 0 Å². The molecule has 2 heterocycles. The van der Waals surface area contributed by atoms with Crippen molar-refractivity contribution in [3.63, 3.8) is 0 Å². The first-order chi connectivity index (χ1) is 7.79. The molecular weight excluding hydrogens is 196 g/mol. The highest BCUT2D eigenvalue weighted by Crippen LogP contribution is 2.03. The van der Waals surface area contributed by atoms with Crippen LogP contribution in [0.1, 0.15) is 54.4 Å². The molecule has 0 amide bonds. The maximum Gasteiger partial charge on any atom is -0.00227 e. The van der Waals surface area contributed by atoms with Gasteiger partial charge < -0.3 is 10.6 Å². The van der Waals surface area contributed by atoms with Crippen molar-refractivity contribution < 1.29 is 0 Å². The summed E-state index contributed by atoms with van der Waals surface area (Å²) in [5.41, 5.74) is 0. The highest BCUT2D eigenvalue weighted by Gasteiger charge is 2.06. The van der Waals surface area contributed by atoms with Crippen LogP contribution < -0.4 is 10.6 Å². The van der Waals surface area contributed by atoms with Gasteiger partial charge in [0.1, 0.15) is 0 Å². The van der Waals surface area contributed by atoms with Crippen LogP contribution in [0.5, 0.6) is 0 Å². The van der Waals surface area contributed by atoms with Crippen LogP contribution in [0.3, 0.4) is 0 Å². The van der Waals surface area contributed by atoms with Gasteiger partial charge in [-0.3, -0.25) is 0 Å². The van der Waals surface area contributed by atoms with Gasteiger partial charge in [0.2, 0.25) is 0 Å². The fourth-order valence-corrected chi connectivity index (χ4v) is 1.60. The lowest BCUT2D eigenvalue weighted by molar-refractivity contribution is 0.651. The van der Waals surface area contributed by atoms with Crippen molar-refractivity contribution in [1.82, 2.24) is 10.6 Å². The summed E-state index contributed by atoms with van der Waals surface area (Å²) < 4.78 is 0. The van der Waals surface area contributed by atoms with Crippen LogP contribution in [-0.4, -0.2) is 26.2 Å². The molecule has 100 valence electrons. The first-order valence-corrected chi connectivity index (χ1v) is 7.20. The van der Waals surface area contributed by atoms with Crippen LogP contribution in [0.2, 0.25) is 0 Å². The molecule has 2 fully saturated rings. The van der Waals surface area contributed by atoms with Crippen molar-refractivity contribution in [2.45, 2.75) is 54.4 Å². The average Bonchev–Trinajstić information content (AvgIpc) is 2.98. The van der Waals surface area contributed by atoms with Gasteiger partial charge in [0.25, 0.3) is 0 Å². The van der Waals surface area contributed by atoms with Crippen molar-refractivity contribution in [1.29, 1.82) is 0 Å². The monoisotopic (exact) mass is 230 g/mol. The third kappa shape index (κ3) is 12.0. The molecule has 2 nitrogen and oxygen atoms in total. The van der Waals surface area contributed by atoms with E-state index in [1.165, 1.54) is 39.0 Å². The maximum absolute atomic E-state index is 3.27. The summed E-state index contributed by atoms with van der Waals surface area (Å²) in [5, 5.41) is 6.54. The summed E-state index contributed by atoms with van der Waals surface area (Å²) in [5.74, 6) is 1.87. The van der Waals surface area contributed by atoms with E-state index < -0.39 is 0 Å². The number of nitrogens with one attached hydrogen (secondary N) is 2. The lowest BCUT2D eigenvalue weighted by atomic mass is 10.2. The van der Waals surface area contributed by atoms with E-state index in [4.69, 9.17) is 0 Å². The Kier molecular flexibility index (Phi) is 17.1. The van der Waals surface area contributed by atoms with Gasteiger partial charge in [-0.2, -0.15) is 0 Å². The van der Waals surface area contributed by atoms with Crippen molar-refractivity contribution in [2.24, 2.45) is 11.8 Å². The Balaban J connectivity index is 0. The Labute approximate surface area is 104 Å². The van der Waals surface area contributed by atoms with E-state index in [1.54, 1.807) is 0 Å². The largest absolute Gasteiger partial charge is 0.316 e. The van der Waals surface area contributed by atoms with E-state index in [0.717, 1.165) is 11.8 Å². The zero-order chi connectivity index (χ0) is 12.8. The Hall–Kier alpha value is -0.0800. The summed E-state index contributed by atoms with van der Waals surface area (Å²) in [7, 11) is 0. The molecular formula is C14H34N2. The molecule has 0 aromatic rings. The van der Waals surface area contributed by atoms with Gasteiger partial charge in [0.05, 0.1) is 0 Å². The van der Waals surface area contributed by atoms with Crippen molar-refractivity contribution in [3.8, 4) is 0 Å². The molecule has 0 aromatic carbocycles. The minimum Gasteiger partial charge on any atom is -0.316 e. The lowest BCUT2D eigenvalue weighted by Gasteiger charge is -1.90.